The number of aromatic nitrogens is 2. The molecule has 5 N–H and O–H groups in total. The lowest BCUT2D eigenvalue weighted by molar-refractivity contribution is -0.138. The fourth-order valence-electron chi connectivity index (χ4n) is 2.85. The van der Waals surface area contributed by atoms with Crippen LogP contribution in [0.3, 0.4) is 0 Å². The average molecular weight is 395 g/mol. The monoisotopic (exact) mass is 394 g/mol. The van der Waals surface area contributed by atoms with E-state index < -0.39 is 12.0 Å². The van der Waals surface area contributed by atoms with E-state index >= 15 is 0 Å². The molecule has 1 amide bonds. The number of carboxylic acids is 1. The van der Waals surface area contributed by atoms with Crippen molar-refractivity contribution in [2.24, 2.45) is 5.73 Å². The van der Waals surface area contributed by atoms with Crippen molar-refractivity contribution in [3.63, 3.8) is 0 Å². The van der Waals surface area contributed by atoms with E-state index in [1.807, 2.05) is 0 Å². The number of rotatable bonds is 16. The Morgan fingerprint density at radius 2 is 1.79 bits per heavy atom. The van der Waals surface area contributed by atoms with Gasteiger partial charge in [0.25, 0.3) is 0 Å². The second kappa shape index (κ2) is 13.9. The number of imidazole rings is 1. The van der Waals surface area contributed by atoms with E-state index in [-0.39, 0.29) is 30.4 Å². The lowest BCUT2D eigenvalue weighted by Gasteiger charge is -2.05. The number of unbranched alkanes of at least 4 members (excludes halogenated alkanes) is 6. The highest BCUT2D eigenvalue weighted by Gasteiger charge is 2.16. The van der Waals surface area contributed by atoms with Crippen LogP contribution in [-0.4, -0.2) is 45.3 Å². The van der Waals surface area contributed by atoms with E-state index in [0.29, 0.717) is 25.1 Å². The van der Waals surface area contributed by atoms with Crippen molar-refractivity contribution in [3.8, 4) is 0 Å². The van der Waals surface area contributed by atoms with E-state index in [1.165, 1.54) is 38.3 Å². The first-order chi connectivity index (χ1) is 13.4. The lowest BCUT2D eigenvalue weighted by Crippen LogP contribution is -2.32. The highest BCUT2D eigenvalue weighted by Crippen LogP contribution is 2.08. The number of amides is 1. The Kier molecular flexibility index (Phi) is 11.8. The number of hydrogen-bond donors (Lipinski definition) is 4. The molecule has 8 heteroatoms. The maximum Gasteiger partial charge on any atom is 0.320 e. The van der Waals surface area contributed by atoms with Crippen LogP contribution in [0.5, 0.6) is 0 Å². The Morgan fingerprint density at radius 1 is 1.11 bits per heavy atom. The van der Waals surface area contributed by atoms with Gasteiger partial charge in [0.15, 0.2) is 11.6 Å². The van der Waals surface area contributed by atoms with Crippen LogP contribution < -0.4 is 11.1 Å². The Balaban J connectivity index is 2.12. The van der Waals surface area contributed by atoms with Crippen LogP contribution in [-0.2, 0) is 16.0 Å². The second-order valence-electron chi connectivity index (χ2n) is 7.15. The number of H-pyrrole nitrogens is 1. The first-order valence-corrected chi connectivity index (χ1v) is 10.3. The van der Waals surface area contributed by atoms with Gasteiger partial charge in [-0.05, 0) is 12.8 Å². The maximum atomic E-state index is 12.1. The van der Waals surface area contributed by atoms with Gasteiger partial charge in [0, 0.05) is 37.7 Å². The number of Topliss-reactive ketones (excluding diaryl/α,β-unsaturated/α-hetero) is 1. The van der Waals surface area contributed by atoms with Gasteiger partial charge in [0.2, 0.25) is 5.91 Å². The normalized spacial score (nSPS) is 11.9. The molecule has 158 valence electrons. The van der Waals surface area contributed by atoms with Gasteiger partial charge in [-0.1, -0.05) is 45.4 Å². The minimum absolute atomic E-state index is 0.0314. The molecule has 0 spiro atoms. The molecule has 1 rings (SSSR count). The van der Waals surface area contributed by atoms with Crippen LogP contribution in [0.25, 0.3) is 0 Å². The molecule has 0 bridgehead atoms. The number of carboxylic acid groups (broad SMARTS) is 1. The molecule has 1 atom stereocenters. The SMILES string of the molecule is CCCCCCCCCC(=O)NCCCC(=O)c1ncc(CC(N)C(=O)O)[nH]1. The molecular weight excluding hydrogens is 360 g/mol. The van der Waals surface area contributed by atoms with Gasteiger partial charge in [0.1, 0.15) is 6.04 Å². The zero-order chi connectivity index (χ0) is 20.8. The molecule has 8 nitrogen and oxygen atoms in total. The number of aliphatic carboxylic acids is 1. The van der Waals surface area contributed by atoms with Crippen LogP contribution in [0, 0.1) is 0 Å². The molecule has 0 fully saturated rings. The van der Waals surface area contributed by atoms with Crippen LogP contribution in [0.15, 0.2) is 6.20 Å². The molecule has 0 aliphatic heterocycles. The Morgan fingerprint density at radius 3 is 2.46 bits per heavy atom. The summed E-state index contributed by atoms with van der Waals surface area (Å²) in [4.78, 5) is 41.4. The molecule has 0 aliphatic carbocycles. The smallest absolute Gasteiger partial charge is 0.320 e. The van der Waals surface area contributed by atoms with E-state index in [4.69, 9.17) is 10.8 Å². The predicted molar refractivity (Wildman–Crippen MR) is 107 cm³/mol. The van der Waals surface area contributed by atoms with Crippen LogP contribution >= 0.6 is 0 Å². The van der Waals surface area contributed by atoms with Crippen molar-refractivity contribution >= 4 is 17.7 Å². The number of carbonyl (C=O) groups excluding carboxylic acids is 2. The predicted octanol–water partition coefficient (Wildman–Crippen LogP) is 2.58. The van der Waals surface area contributed by atoms with E-state index in [2.05, 4.69) is 22.2 Å². The van der Waals surface area contributed by atoms with Gasteiger partial charge < -0.3 is 21.1 Å². The van der Waals surface area contributed by atoms with Crippen molar-refractivity contribution in [2.75, 3.05) is 6.54 Å². The summed E-state index contributed by atoms with van der Waals surface area (Å²) < 4.78 is 0. The Labute approximate surface area is 166 Å². The summed E-state index contributed by atoms with van der Waals surface area (Å²) >= 11 is 0. The summed E-state index contributed by atoms with van der Waals surface area (Å²) in [5, 5.41) is 11.6. The largest absolute Gasteiger partial charge is 0.480 e. The number of hydrogen-bond acceptors (Lipinski definition) is 5. The summed E-state index contributed by atoms with van der Waals surface area (Å²) in [7, 11) is 0. The lowest BCUT2D eigenvalue weighted by atomic mass is 10.1. The molecule has 0 aromatic carbocycles. The molecule has 0 saturated carbocycles. The minimum Gasteiger partial charge on any atom is -0.480 e. The molecule has 28 heavy (non-hydrogen) atoms. The third-order valence-corrected chi connectivity index (χ3v) is 4.56. The zero-order valence-electron chi connectivity index (χ0n) is 16.8. The second-order valence-corrected chi connectivity index (χ2v) is 7.15. The fourth-order valence-corrected chi connectivity index (χ4v) is 2.85. The number of ketones is 1. The van der Waals surface area contributed by atoms with Gasteiger partial charge >= 0.3 is 5.97 Å². The average Bonchev–Trinajstić information content (AvgIpc) is 3.12. The summed E-state index contributed by atoms with van der Waals surface area (Å²) in [5.41, 5.74) is 5.97. The van der Waals surface area contributed by atoms with Crippen molar-refractivity contribution < 1.29 is 19.5 Å². The van der Waals surface area contributed by atoms with E-state index in [1.54, 1.807) is 0 Å². The number of nitrogens with two attached hydrogens (primary N) is 1. The van der Waals surface area contributed by atoms with Gasteiger partial charge in [-0.25, -0.2) is 4.98 Å². The molecule has 1 heterocycles. The third-order valence-electron chi connectivity index (χ3n) is 4.56. The molecule has 0 aliphatic rings. The molecule has 1 aromatic rings. The van der Waals surface area contributed by atoms with Gasteiger partial charge in [-0.2, -0.15) is 0 Å². The Hall–Kier alpha value is -2.22. The number of carbonyl (C=O) groups is 3. The van der Waals surface area contributed by atoms with E-state index in [9.17, 15) is 14.4 Å². The van der Waals surface area contributed by atoms with Crippen molar-refractivity contribution in [2.45, 2.75) is 83.6 Å². The van der Waals surface area contributed by atoms with Crippen molar-refractivity contribution in [1.82, 2.24) is 15.3 Å². The highest BCUT2D eigenvalue weighted by atomic mass is 16.4. The molecule has 1 aromatic heterocycles. The quantitative estimate of drug-likeness (QED) is 0.251. The Bertz CT molecular complexity index is 615. The molecule has 0 radical (unpaired) electrons. The molecular formula is C20H34N4O4. The van der Waals surface area contributed by atoms with E-state index in [0.717, 1.165) is 12.8 Å². The highest BCUT2D eigenvalue weighted by molar-refractivity contribution is 5.92. The molecule has 1 unspecified atom stereocenters. The summed E-state index contributed by atoms with van der Waals surface area (Å²) in [6.07, 6.45) is 11.1. The maximum absolute atomic E-state index is 12.1. The summed E-state index contributed by atoms with van der Waals surface area (Å²) in [6.45, 7) is 2.65. The van der Waals surface area contributed by atoms with Crippen LogP contribution in [0.1, 0.15) is 87.4 Å². The number of nitrogens with one attached hydrogen (secondary N) is 2. The minimum atomic E-state index is -1.10. The fraction of sp³-hybridized carbons (Fsp3) is 0.700. The van der Waals surface area contributed by atoms with Crippen molar-refractivity contribution in [1.29, 1.82) is 0 Å². The first kappa shape index (κ1) is 23.8. The summed E-state index contributed by atoms with van der Waals surface area (Å²) in [5.74, 6) is -1.04. The van der Waals surface area contributed by atoms with Gasteiger partial charge in [0.05, 0.1) is 0 Å². The van der Waals surface area contributed by atoms with Gasteiger partial charge in [-0.15, -0.1) is 0 Å². The zero-order valence-corrected chi connectivity index (χ0v) is 16.8. The first-order valence-electron chi connectivity index (χ1n) is 10.3. The third kappa shape index (κ3) is 10.2. The number of aromatic amines is 1. The summed E-state index contributed by atoms with van der Waals surface area (Å²) in [6, 6.07) is -1.03. The topological polar surface area (TPSA) is 138 Å². The molecule has 0 saturated heterocycles. The standard InChI is InChI=1S/C20H34N4O4/c1-2-3-4-5-6-7-8-11-18(26)22-12-9-10-17(25)19-23-14-15(24-19)13-16(21)20(27)28/h14,16H,2-13,21H2,1H3,(H,22,26)(H,23,24)(H,27,28). The van der Waals surface area contributed by atoms with Crippen LogP contribution in [0.2, 0.25) is 0 Å². The number of nitrogens with zero attached hydrogens (tertiary/aromatic N) is 1. The van der Waals surface area contributed by atoms with Gasteiger partial charge in [-0.3, -0.25) is 14.4 Å². The van der Waals surface area contributed by atoms with Crippen LogP contribution in [0.4, 0.5) is 0 Å². The van der Waals surface area contributed by atoms with Crippen molar-refractivity contribution in [3.05, 3.63) is 17.7 Å².